The van der Waals surface area contributed by atoms with Gasteiger partial charge in [0, 0.05) is 0 Å². The Balaban J connectivity index is 0. The fourth-order valence-corrected chi connectivity index (χ4v) is 1.36. The molecule has 0 heterocycles. The van der Waals surface area contributed by atoms with E-state index in [0.717, 1.165) is 14.2 Å². The molecule has 9 heteroatoms. The van der Waals surface area contributed by atoms with Crippen molar-refractivity contribution >= 4 is 22.1 Å². The van der Waals surface area contributed by atoms with Crippen molar-refractivity contribution in [1.82, 2.24) is 0 Å². The second-order valence-electron chi connectivity index (χ2n) is 2.31. The third kappa shape index (κ3) is 6.10. The fourth-order valence-electron chi connectivity index (χ4n) is 0.676. The number of methoxy groups -OCH3 is 2. The van der Waals surface area contributed by atoms with E-state index in [1.54, 1.807) is 0 Å². The molecule has 0 radical (unpaired) electrons. The number of esters is 2. The van der Waals surface area contributed by atoms with Gasteiger partial charge in [0.05, 0.1) is 20.6 Å². The molecule has 7 nitrogen and oxygen atoms in total. The van der Waals surface area contributed by atoms with Crippen LogP contribution in [0.4, 0.5) is 0 Å². The summed E-state index contributed by atoms with van der Waals surface area (Å²) >= 11 is 0. The maximum absolute atomic E-state index is 10.8. The van der Waals surface area contributed by atoms with Gasteiger partial charge in [0.1, 0.15) is 0 Å². The molecular weight excluding hydrogens is 239 g/mol. The third-order valence-electron chi connectivity index (χ3n) is 1.40. The van der Waals surface area contributed by atoms with Crippen molar-refractivity contribution in [3.05, 3.63) is 0 Å². The minimum Gasteiger partial charge on any atom is -0.469 e. The normalized spacial score (nSPS) is 12.2. The summed E-state index contributed by atoms with van der Waals surface area (Å²) in [5, 5.41) is -1.93. The van der Waals surface area contributed by atoms with Gasteiger partial charge in [0.2, 0.25) is 0 Å². The molecule has 0 aromatic heterocycles. The second kappa shape index (κ2) is 7.18. The number of hydrogen-bond acceptors (Lipinski definition) is 6. The molecular formula is C6H10NaO7S+. The maximum Gasteiger partial charge on any atom is 1.00 e. The van der Waals surface area contributed by atoms with Crippen LogP contribution in [0.2, 0.25) is 0 Å². The Morgan fingerprint density at radius 2 is 1.73 bits per heavy atom. The van der Waals surface area contributed by atoms with Crippen LogP contribution in [0.25, 0.3) is 0 Å². The molecule has 1 atom stereocenters. The molecule has 0 aliphatic carbocycles. The number of ether oxygens (including phenoxy) is 2. The van der Waals surface area contributed by atoms with Gasteiger partial charge in [-0.05, 0) is 0 Å². The summed E-state index contributed by atoms with van der Waals surface area (Å²) < 4.78 is 38.1. The Bertz CT molecular complexity index is 322. The van der Waals surface area contributed by atoms with Crippen LogP contribution < -0.4 is 29.6 Å². The maximum atomic E-state index is 10.8. The van der Waals surface area contributed by atoms with Gasteiger partial charge < -0.3 is 9.47 Å². The molecule has 1 unspecified atom stereocenters. The zero-order valence-corrected chi connectivity index (χ0v) is 11.4. The SMILES string of the molecule is COC(=O)CC(C(=O)OC)S(=O)(=O)O.[Na+]. The molecule has 15 heavy (non-hydrogen) atoms. The topological polar surface area (TPSA) is 107 Å². The Morgan fingerprint density at radius 1 is 1.27 bits per heavy atom. The predicted molar refractivity (Wildman–Crippen MR) is 44.0 cm³/mol. The van der Waals surface area contributed by atoms with Gasteiger partial charge in [-0.15, -0.1) is 0 Å². The van der Waals surface area contributed by atoms with Crippen LogP contribution in [0.5, 0.6) is 0 Å². The summed E-state index contributed by atoms with van der Waals surface area (Å²) in [6.45, 7) is 0. The van der Waals surface area contributed by atoms with Crippen molar-refractivity contribution in [2.45, 2.75) is 11.7 Å². The standard InChI is InChI=1S/C6H10O7S.Na/c1-12-5(7)3-4(6(8)13-2)14(9,10)11;/h4H,3H2,1-2H3,(H,9,10,11);/q;+1. The summed E-state index contributed by atoms with van der Waals surface area (Å²) in [5.74, 6) is -2.14. The van der Waals surface area contributed by atoms with E-state index >= 15 is 0 Å². The van der Waals surface area contributed by atoms with E-state index in [0.29, 0.717) is 0 Å². The fraction of sp³-hybridized carbons (Fsp3) is 0.667. The molecule has 0 aliphatic rings. The van der Waals surface area contributed by atoms with E-state index in [2.05, 4.69) is 9.47 Å². The number of rotatable bonds is 4. The molecule has 0 aromatic carbocycles. The van der Waals surface area contributed by atoms with Crippen molar-refractivity contribution in [1.29, 1.82) is 0 Å². The molecule has 0 rings (SSSR count). The zero-order valence-electron chi connectivity index (χ0n) is 8.59. The van der Waals surface area contributed by atoms with Crippen molar-refractivity contribution in [2.75, 3.05) is 14.2 Å². The Hall–Kier alpha value is -0.150. The van der Waals surface area contributed by atoms with Gasteiger partial charge in [0.15, 0.2) is 5.25 Å². The van der Waals surface area contributed by atoms with Gasteiger partial charge in [0.25, 0.3) is 10.1 Å². The van der Waals surface area contributed by atoms with Crippen molar-refractivity contribution < 1.29 is 61.6 Å². The van der Waals surface area contributed by atoms with E-state index < -0.39 is 33.7 Å². The van der Waals surface area contributed by atoms with Crippen LogP contribution in [0.15, 0.2) is 0 Å². The average Bonchev–Trinajstić information content (AvgIpc) is 2.10. The van der Waals surface area contributed by atoms with Crippen LogP contribution in [0.1, 0.15) is 6.42 Å². The first-order chi connectivity index (χ1) is 6.32. The molecule has 0 fully saturated rings. The van der Waals surface area contributed by atoms with E-state index in [4.69, 9.17) is 4.55 Å². The number of carbonyl (C=O) groups is 2. The Kier molecular flexibility index (Phi) is 8.25. The molecule has 82 valence electrons. The van der Waals surface area contributed by atoms with E-state index in [1.807, 2.05) is 0 Å². The van der Waals surface area contributed by atoms with Crippen molar-refractivity contribution in [2.24, 2.45) is 0 Å². The first-order valence-corrected chi connectivity index (χ1v) is 4.94. The van der Waals surface area contributed by atoms with E-state index in [1.165, 1.54) is 0 Å². The van der Waals surface area contributed by atoms with E-state index in [-0.39, 0.29) is 29.6 Å². The van der Waals surface area contributed by atoms with Crippen LogP contribution in [0.3, 0.4) is 0 Å². The minimum absolute atomic E-state index is 0. The summed E-state index contributed by atoms with van der Waals surface area (Å²) in [5.41, 5.74) is 0. The summed E-state index contributed by atoms with van der Waals surface area (Å²) in [6, 6.07) is 0. The van der Waals surface area contributed by atoms with Crippen LogP contribution in [-0.2, 0) is 29.2 Å². The van der Waals surface area contributed by atoms with Crippen LogP contribution >= 0.6 is 0 Å². The van der Waals surface area contributed by atoms with E-state index in [9.17, 15) is 18.0 Å². The number of carbonyl (C=O) groups excluding carboxylic acids is 2. The predicted octanol–water partition coefficient (Wildman–Crippen LogP) is -4.02. The Labute approximate surface area is 109 Å². The van der Waals surface area contributed by atoms with Crippen LogP contribution in [-0.4, -0.2) is 44.4 Å². The molecule has 1 N–H and O–H groups in total. The molecule has 0 bridgehead atoms. The monoisotopic (exact) mass is 249 g/mol. The summed E-state index contributed by atoms with van der Waals surface area (Å²) in [6.07, 6.45) is -0.776. The van der Waals surface area contributed by atoms with Gasteiger partial charge >= 0.3 is 41.5 Å². The van der Waals surface area contributed by atoms with Gasteiger partial charge in [-0.1, -0.05) is 0 Å². The van der Waals surface area contributed by atoms with Gasteiger partial charge in [-0.25, -0.2) is 0 Å². The smallest absolute Gasteiger partial charge is 0.469 e. The average molecular weight is 249 g/mol. The second-order valence-corrected chi connectivity index (χ2v) is 3.91. The van der Waals surface area contributed by atoms with Crippen molar-refractivity contribution in [3.8, 4) is 0 Å². The van der Waals surface area contributed by atoms with Crippen molar-refractivity contribution in [3.63, 3.8) is 0 Å². The molecule has 0 saturated heterocycles. The summed E-state index contributed by atoms with van der Waals surface area (Å²) in [4.78, 5) is 21.5. The number of hydrogen-bond donors (Lipinski definition) is 1. The third-order valence-corrected chi connectivity index (χ3v) is 2.48. The molecule has 0 aliphatic heterocycles. The molecule has 0 spiro atoms. The largest absolute Gasteiger partial charge is 1.00 e. The zero-order chi connectivity index (χ0) is 11.4. The first-order valence-electron chi connectivity index (χ1n) is 3.44. The van der Waals surface area contributed by atoms with Crippen LogP contribution in [0, 0.1) is 0 Å². The molecule has 0 saturated carbocycles. The van der Waals surface area contributed by atoms with Gasteiger partial charge in [-0.3, -0.25) is 14.1 Å². The minimum atomic E-state index is -4.66. The molecule has 0 aromatic rings. The Morgan fingerprint density at radius 3 is 2.00 bits per heavy atom. The summed E-state index contributed by atoms with van der Waals surface area (Å²) in [7, 11) is -2.69. The first kappa shape index (κ1) is 17.3. The molecule has 0 amide bonds. The quantitative estimate of drug-likeness (QED) is 0.307. The van der Waals surface area contributed by atoms with Gasteiger partial charge in [-0.2, -0.15) is 8.42 Å².